The summed E-state index contributed by atoms with van der Waals surface area (Å²) in [6.07, 6.45) is 4.48. The van der Waals surface area contributed by atoms with E-state index in [0.29, 0.717) is 51.4 Å². The molecule has 0 spiro atoms. The number of nitrogens with zero attached hydrogens (tertiary/aromatic N) is 2. The number of carboxylic acid groups (broad SMARTS) is 1. The van der Waals surface area contributed by atoms with Gasteiger partial charge in [0.05, 0.1) is 30.3 Å². The number of aryl methyl sites for hydroxylation is 2. The van der Waals surface area contributed by atoms with E-state index in [1.54, 1.807) is 48.5 Å². The minimum absolute atomic E-state index is 0.0133. The van der Waals surface area contributed by atoms with Gasteiger partial charge in [-0.05, 0) is 160 Å². The third-order valence-corrected chi connectivity index (χ3v) is 17.8. The van der Waals surface area contributed by atoms with Gasteiger partial charge in [0.25, 0.3) is 0 Å². The van der Waals surface area contributed by atoms with Crippen LogP contribution in [0.5, 0.6) is 0 Å². The fourth-order valence-corrected chi connectivity index (χ4v) is 12.9. The highest BCUT2D eigenvalue weighted by Crippen LogP contribution is 2.33. The highest BCUT2D eigenvalue weighted by molar-refractivity contribution is 7.89. The molecule has 6 N–H and O–H groups in total. The first kappa shape index (κ1) is 58.1. The number of rotatable bonds is 13. The summed E-state index contributed by atoms with van der Waals surface area (Å²) >= 11 is 0. The monoisotopic (exact) mass is 1120 g/mol. The largest absolute Gasteiger partial charge is 0.481 e. The van der Waals surface area contributed by atoms with E-state index < -0.39 is 33.2 Å². The van der Waals surface area contributed by atoms with Crippen molar-refractivity contribution in [2.24, 2.45) is 31.7 Å². The number of nitrogens with two attached hydrogens (primary N) is 1. The first-order valence-corrected chi connectivity index (χ1v) is 29.1. The summed E-state index contributed by atoms with van der Waals surface area (Å²) in [7, 11) is -4.42. The summed E-state index contributed by atoms with van der Waals surface area (Å²) in [5.41, 5.74) is 13.5. The third-order valence-electron chi connectivity index (χ3n) is 14.7. The standard InChI is InChI=1S/C30H32FN3O3S.C22H24N2O4S.C8H10FN.CH3F/c1-20(21-8-12-25(31)13-9-21)32-30(35)23-10-14-26(15-11-23)33-38(36,37)27-16-17-28-24(18-27)19-29(34(28)2)22-6-4-3-5-7-22;1-24-20-12-11-19(13-17(20)14-21(24)15-5-3-2-4-6-15)29(27,28)23-18-9-7-16(8-10-18)22(25)26;1-6(10)7-2-4-8(9)5-3-7;1-2/h3-9,12-13,16-20,23,26,33H,10-11,14-15H2,1-2H3,(H,32,35);2-6,11-14,16,18,23H,7-10H2,1H3,(H,25,26);2-6H,10H2,1H3;1H3/t20-,23?,26?;;6-;/m1.1./s1/i;;;1D. The van der Waals surface area contributed by atoms with Crippen molar-refractivity contribution in [2.45, 2.75) is 99.2 Å². The number of sulfonamides is 2. The molecule has 0 bridgehead atoms. The Hall–Kier alpha value is -7.09. The van der Waals surface area contributed by atoms with E-state index in [-0.39, 0.29) is 63.3 Å². The number of hydrogen-bond acceptors (Lipinski definition) is 7. The fourth-order valence-electron chi connectivity index (χ4n) is 10.2. The molecular weight excluding hydrogens is 1050 g/mol. The first-order chi connectivity index (χ1) is 38.2. The zero-order valence-electron chi connectivity index (χ0n) is 45.7. The van der Waals surface area contributed by atoms with Crippen LogP contribution in [0.1, 0.15) is 89.8 Å². The minimum atomic E-state index is -3.71. The Kier molecular flexibility index (Phi) is 19.6. The lowest BCUT2D eigenvalue weighted by atomic mass is 9.85. The van der Waals surface area contributed by atoms with Crippen molar-refractivity contribution in [2.75, 3.05) is 7.15 Å². The SMILES string of the molecule is C[C@@H](N)c1ccc(F)cc1.C[C@@H](NC(=O)C1CCC(NS(=O)(=O)c2ccc3c(c2)cc(-c2ccccc2)n3C)CC1)c1ccc(F)cc1.Cn1c(-c2ccccc2)cc2cc(S(=O)(=O)NC3CCC(C(=O)O)CC3)ccc21.[2H]CF. The first-order valence-electron chi connectivity index (χ1n) is 26.9. The molecular formula is C61H69F3N6O7S2. The summed E-state index contributed by atoms with van der Waals surface area (Å²) in [6.45, 7) is 3.74. The van der Waals surface area contributed by atoms with E-state index in [9.17, 15) is 39.6 Å². The van der Waals surface area contributed by atoms with Gasteiger partial charge >= 0.3 is 5.97 Å². The normalized spacial score (nSPS) is 18.3. The molecule has 8 aromatic rings. The highest BCUT2D eigenvalue weighted by atomic mass is 32.2. The molecule has 2 aliphatic carbocycles. The Morgan fingerprint density at radius 3 is 1.34 bits per heavy atom. The Balaban J connectivity index is 0.000000193. The molecule has 418 valence electrons. The number of carbonyl (C=O) groups is 2. The van der Waals surface area contributed by atoms with Crippen molar-refractivity contribution in [3.05, 3.63) is 180 Å². The van der Waals surface area contributed by atoms with Crippen molar-refractivity contribution in [1.29, 1.82) is 0 Å². The zero-order chi connectivity index (χ0) is 57.7. The topological polar surface area (TPSA) is 195 Å². The lowest BCUT2D eigenvalue weighted by Gasteiger charge is -2.29. The van der Waals surface area contributed by atoms with E-state index in [0.717, 1.165) is 55.4 Å². The number of alkyl halides is 1. The zero-order valence-corrected chi connectivity index (χ0v) is 46.3. The van der Waals surface area contributed by atoms with Gasteiger partial charge in [0.15, 0.2) is 0 Å². The molecule has 0 radical (unpaired) electrons. The Bertz CT molecular complexity index is 3570. The van der Waals surface area contributed by atoms with Gasteiger partial charge in [-0.2, -0.15) is 0 Å². The molecule has 2 aromatic heterocycles. The molecule has 2 saturated carbocycles. The molecule has 0 saturated heterocycles. The minimum Gasteiger partial charge on any atom is -0.481 e. The van der Waals surface area contributed by atoms with Gasteiger partial charge < -0.3 is 25.3 Å². The number of nitrogens with one attached hydrogen (secondary N) is 3. The van der Waals surface area contributed by atoms with Crippen LogP contribution in [-0.2, 0) is 43.7 Å². The van der Waals surface area contributed by atoms with E-state index >= 15 is 0 Å². The molecule has 1 amide bonds. The smallest absolute Gasteiger partial charge is 0.306 e. The summed E-state index contributed by atoms with van der Waals surface area (Å²) in [4.78, 5) is 24.3. The van der Waals surface area contributed by atoms with Crippen LogP contribution < -0.4 is 20.5 Å². The van der Waals surface area contributed by atoms with Gasteiger partial charge in [-0.1, -0.05) is 84.9 Å². The quantitative estimate of drug-likeness (QED) is 0.0752. The van der Waals surface area contributed by atoms with E-state index in [4.69, 9.17) is 12.2 Å². The van der Waals surface area contributed by atoms with Gasteiger partial charge in [-0.3, -0.25) is 14.0 Å². The van der Waals surface area contributed by atoms with Crippen LogP contribution in [0.4, 0.5) is 13.2 Å². The number of carboxylic acids is 1. The second-order valence-electron chi connectivity index (χ2n) is 20.2. The van der Waals surface area contributed by atoms with Crippen molar-refractivity contribution in [3.63, 3.8) is 0 Å². The lowest BCUT2D eigenvalue weighted by molar-refractivity contribution is -0.142. The van der Waals surface area contributed by atoms with Crippen molar-refractivity contribution in [3.8, 4) is 22.5 Å². The van der Waals surface area contributed by atoms with Gasteiger partial charge in [0.2, 0.25) is 26.0 Å². The molecule has 79 heavy (non-hydrogen) atoms. The number of halogens is 3. The number of amides is 1. The fraction of sp³-hybridized carbons (Fsp3) is 0.311. The maximum atomic E-state index is 13.2. The number of aromatic nitrogens is 2. The van der Waals surface area contributed by atoms with Crippen LogP contribution in [-0.4, -0.2) is 62.2 Å². The van der Waals surface area contributed by atoms with Gasteiger partial charge in [-0.15, -0.1) is 0 Å². The predicted octanol–water partition coefficient (Wildman–Crippen LogP) is 11.9. The highest BCUT2D eigenvalue weighted by Gasteiger charge is 2.31. The maximum absolute atomic E-state index is 13.2. The molecule has 2 atom stereocenters. The van der Waals surface area contributed by atoms with E-state index in [1.165, 1.54) is 24.3 Å². The molecule has 18 heteroatoms. The number of benzene rings is 6. The average Bonchev–Trinajstić information content (AvgIpc) is 4.07. The summed E-state index contributed by atoms with van der Waals surface area (Å²) in [5.74, 6) is -1.91. The van der Waals surface area contributed by atoms with Crippen LogP contribution in [0, 0.1) is 23.5 Å². The molecule has 2 aliphatic rings. The van der Waals surface area contributed by atoms with Crippen LogP contribution >= 0.6 is 0 Å². The van der Waals surface area contributed by atoms with Gasteiger partial charge in [0, 0.05) is 71.3 Å². The summed E-state index contributed by atoms with van der Waals surface area (Å²) in [5, 5.41) is 13.8. The van der Waals surface area contributed by atoms with Crippen LogP contribution in [0.25, 0.3) is 44.3 Å². The molecule has 6 aromatic carbocycles. The third kappa shape index (κ3) is 15.2. The van der Waals surface area contributed by atoms with Crippen molar-refractivity contribution in [1.82, 2.24) is 23.9 Å². The Morgan fingerprint density at radius 1 is 0.582 bits per heavy atom. The number of carbonyl (C=O) groups excluding carboxylic acids is 1. The number of aliphatic carboxylic acids is 1. The Labute approximate surface area is 462 Å². The second-order valence-corrected chi connectivity index (χ2v) is 23.6. The molecule has 0 aliphatic heterocycles. The summed E-state index contributed by atoms with van der Waals surface area (Å²) in [6, 6.07) is 46.0. The molecule has 2 fully saturated rings. The molecule has 13 nitrogen and oxygen atoms in total. The molecule has 10 rings (SSSR count). The second kappa shape index (κ2) is 26.7. The van der Waals surface area contributed by atoms with Crippen LogP contribution in [0.15, 0.2) is 168 Å². The summed E-state index contributed by atoms with van der Waals surface area (Å²) < 4.78 is 103. The van der Waals surface area contributed by atoms with Gasteiger partial charge in [-0.25, -0.2) is 35.1 Å². The van der Waals surface area contributed by atoms with Gasteiger partial charge in [0.1, 0.15) is 11.6 Å². The van der Waals surface area contributed by atoms with Crippen LogP contribution in [0.3, 0.4) is 0 Å². The van der Waals surface area contributed by atoms with E-state index in [2.05, 4.69) is 23.9 Å². The molecule has 2 heterocycles. The van der Waals surface area contributed by atoms with Crippen molar-refractivity contribution >= 4 is 53.7 Å². The predicted molar refractivity (Wildman–Crippen MR) is 305 cm³/mol. The van der Waals surface area contributed by atoms with E-state index in [1.807, 2.05) is 113 Å². The molecule has 0 unspecified atom stereocenters. The Morgan fingerprint density at radius 2 is 0.962 bits per heavy atom. The van der Waals surface area contributed by atoms with Crippen molar-refractivity contribution < 1.29 is 46.1 Å². The lowest BCUT2D eigenvalue weighted by Crippen LogP contribution is -2.41. The van der Waals surface area contributed by atoms with Crippen LogP contribution in [0.2, 0.25) is 0 Å². The number of hydrogen-bond donors (Lipinski definition) is 5. The number of fused-ring (bicyclic) bond motifs is 2. The average molecular weight is 1120 g/mol. The maximum Gasteiger partial charge on any atom is 0.306 e.